The minimum Gasteiger partial charge on any atom is -0.744 e. The largest absolute Gasteiger partial charge is 1.00 e. The van der Waals surface area contributed by atoms with Crippen LogP contribution in [0.5, 0.6) is 0 Å². The predicted molar refractivity (Wildman–Crippen MR) is 80.1 cm³/mol. The Bertz CT molecular complexity index is 862. The van der Waals surface area contributed by atoms with Crippen molar-refractivity contribution >= 4 is 29.8 Å². The zero-order valence-corrected chi connectivity index (χ0v) is 16.7. The van der Waals surface area contributed by atoms with Gasteiger partial charge in [-0.25, -0.2) is 25.3 Å². The van der Waals surface area contributed by atoms with Crippen LogP contribution in [0.15, 0.2) is 53.1 Å². The van der Waals surface area contributed by atoms with Gasteiger partial charge in [0, 0.05) is 17.2 Å². The Morgan fingerprint density at radius 1 is 0.957 bits per heavy atom. The Balaban J connectivity index is 0.00000484. The molecule has 23 heavy (non-hydrogen) atoms. The van der Waals surface area contributed by atoms with Gasteiger partial charge in [-0.1, -0.05) is 31.4 Å². The summed E-state index contributed by atoms with van der Waals surface area (Å²) in [6.07, 6.45) is -0.708. The van der Waals surface area contributed by atoms with Crippen molar-refractivity contribution in [3.8, 4) is 0 Å². The van der Waals surface area contributed by atoms with Gasteiger partial charge in [0.25, 0.3) is 0 Å². The minimum atomic E-state index is -4.87. The summed E-state index contributed by atoms with van der Waals surface area (Å²) in [6.45, 7) is 6.09. The predicted octanol–water partition coefficient (Wildman–Crippen LogP) is -2.42. The molecule has 0 bridgehead atoms. The Morgan fingerprint density at radius 3 is 1.78 bits per heavy atom. The first-order valence-corrected chi connectivity index (χ1v) is 10.3. The molecule has 1 rings (SSSR count). The molecule has 1 aromatic rings. The minimum absolute atomic E-state index is 0. The molecule has 0 unspecified atom stereocenters. The van der Waals surface area contributed by atoms with E-state index in [0.29, 0.717) is 10.8 Å². The Labute approximate surface area is 158 Å². The Hall–Kier alpha value is -0.490. The average Bonchev–Trinajstić information content (AvgIpc) is 2.43. The monoisotopic (exact) mass is 388 g/mol. The fraction of sp³-hybridized carbons (Fsp3) is 0.167. The van der Waals surface area contributed by atoms with Crippen molar-refractivity contribution in [1.29, 1.82) is 0 Å². The smallest absolute Gasteiger partial charge is 0.744 e. The van der Waals surface area contributed by atoms with Crippen LogP contribution in [0.25, 0.3) is 0 Å². The maximum Gasteiger partial charge on any atom is 1.00 e. The molecule has 0 spiro atoms. The molecule has 0 aliphatic carbocycles. The topological polar surface area (TPSA) is 125 Å². The third kappa shape index (κ3) is 5.52. The Kier molecular flexibility index (Phi) is 7.89. The molecule has 0 saturated carbocycles. The van der Waals surface area contributed by atoms with Gasteiger partial charge in [0.05, 0.1) is 4.90 Å². The molecule has 0 aliphatic rings. The summed E-state index contributed by atoms with van der Waals surface area (Å²) < 4.78 is 79.1. The standard InChI is InChI=1S/C12H14O7S3.Na/c1-3-20(13,14)12(21(15,16)4-2)9-10-7-5-6-8-11(10)22(17,18)19;/h3-8,12H,1-2,9H2,(H,17,18,19);/q;+1/p-1. The van der Waals surface area contributed by atoms with Crippen LogP contribution in [0.4, 0.5) is 0 Å². The number of rotatable bonds is 7. The molecular weight excluding hydrogens is 375 g/mol. The normalized spacial score (nSPS) is 12.4. The molecule has 0 aliphatic heterocycles. The van der Waals surface area contributed by atoms with Crippen LogP contribution in [0.1, 0.15) is 5.56 Å². The van der Waals surface area contributed by atoms with Crippen molar-refractivity contribution in [1.82, 2.24) is 0 Å². The zero-order chi connectivity index (χ0) is 17.2. The second-order valence-corrected chi connectivity index (χ2v) is 10.0. The molecule has 0 heterocycles. The van der Waals surface area contributed by atoms with Gasteiger partial charge in [0.15, 0.2) is 24.3 Å². The molecule has 7 nitrogen and oxygen atoms in total. The van der Waals surface area contributed by atoms with E-state index in [4.69, 9.17) is 0 Å². The number of hydrogen-bond acceptors (Lipinski definition) is 7. The first kappa shape index (κ1) is 22.5. The Morgan fingerprint density at radius 2 is 1.39 bits per heavy atom. The molecular formula is C12H13NaO7S3. The summed E-state index contributed by atoms with van der Waals surface area (Å²) in [4.78, 5) is -0.668. The van der Waals surface area contributed by atoms with Crippen LogP contribution < -0.4 is 29.6 Å². The number of sulfone groups is 2. The molecule has 0 radical (unpaired) electrons. The molecule has 0 amide bonds. The summed E-state index contributed by atoms with van der Waals surface area (Å²) in [5, 5.41) is 0.931. The van der Waals surface area contributed by atoms with E-state index in [2.05, 4.69) is 13.2 Å². The van der Waals surface area contributed by atoms with Gasteiger partial charge in [-0.05, 0) is 11.6 Å². The van der Waals surface area contributed by atoms with Gasteiger partial charge in [0.1, 0.15) is 10.1 Å². The van der Waals surface area contributed by atoms with Gasteiger partial charge in [-0.3, -0.25) is 0 Å². The van der Waals surface area contributed by atoms with Crippen LogP contribution in [0.2, 0.25) is 0 Å². The molecule has 1 aromatic carbocycles. The van der Waals surface area contributed by atoms with Crippen molar-refractivity contribution in [2.75, 3.05) is 0 Å². The molecule has 0 N–H and O–H groups in total. The van der Waals surface area contributed by atoms with Gasteiger partial charge >= 0.3 is 29.6 Å². The second-order valence-electron chi connectivity index (χ2n) is 4.21. The quantitative estimate of drug-likeness (QED) is 0.376. The van der Waals surface area contributed by atoms with Crippen LogP contribution in [0.3, 0.4) is 0 Å². The van der Waals surface area contributed by atoms with Crippen molar-refractivity contribution in [2.24, 2.45) is 0 Å². The van der Waals surface area contributed by atoms with Crippen LogP contribution >= 0.6 is 0 Å². The molecule has 0 fully saturated rings. The summed E-state index contributed by atoms with van der Waals surface area (Å²) in [5.74, 6) is 0. The first-order chi connectivity index (χ1) is 9.95. The van der Waals surface area contributed by atoms with E-state index in [9.17, 15) is 29.8 Å². The van der Waals surface area contributed by atoms with Crippen LogP contribution in [-0.2, 0) is 36.2 Å². The summed E-state index contributed by atoms with van der Waals surface area (Å²) in [5.41, 5.74) is -0.210. The molecule has 0 atom stereocenters. The maximum atomic E-state index is 11.9. The van der Waals surface area contributed by atoms with E-state index < -0.39 is 45.7 Å². The van der Waals surface area contributed by atoms with E-state index in [1.165, 1.54) is 18.2 Å². The van der Waals surface area contributed by atoms with E-state index in [1.807, 2.05) is 0 Å². The fourth-order valence-electron chi connectivity index (χ4n) is 1.73. The van der Waals surface area contributed by atoms with E-state index in [0.717, 1.165) is 6.07 Å². The second kappa shape index (κ2) is 8.06. The van der Waals surface area contributed by atoms with E-state index >= 15 is 0 Å². The molecule has 0 aromatic heterocycles. The number of hydrogen-bond donors (Lipinski definition) is 0. The molecule has 0 saturated heterocycles. The van der Waals surface area contributed by atoms with Gasteiger partial charge in [-0.2, -0.15) is 0 Å². The van der Waals surface area contributed by atoms with Crippen molar-refractivity contribution in [3.05, 3.63) is 53.8 Å². The maximum absolute atomic E-state index is 11.9. The summed E-state index contributed by atoms with van der Waals surface area (Å²) >= 11 is 0. The first-order valence-electron chi connectivity index (χ1n) is 5.72. The third-order valence-corrected chi connectivity index (χ3v) is 8.10. The summed E-state index contributed by atoms with van der Waals surface area (Å²) in [7, 11) is -13.4. The van der Waals surface area contributed by atoms with Crippen molar-refractivity contribution in [3.63, 3.8) is 0 Å². The number of benzene rings is 1. The van der Waals surface area contributed by atoms with Gasteiger partial charge < -0.3 is 4.55 Å². The fourth-order valence-corrected chi connectivity index (χ4v) is 5.67. The van der Waals surface area contributed by atoms with E-state index in [1.54, 1.807) is 0 Å². The zero-order valence-electron chi connectivity index (χ0n) is 12.2. The third-order valence-electron chi connectivity index (χ3n) is 2.83. The van der Waals surface area contributed by atoms with Crippen LogP contribution in [-0.4, -0.2) is 34.4 Å². The summed E-state index contributed by atoms with van der Waals surface area (Å²) in [6, 6.07) is 4.79. The average molecular weight is 388 g/mol. The van der Waals surface area contributed by atoms with Crippen LogP contribution in [0, 0.1) is 0 Å². The SMILES string of the molecule is C=CS(=O)(=O)C(Cc1ccccc1S(=O)(=O)[O-])S(=O)(=O)C=C.[Na+]. The molecule has 122 valence electrons. The molecule has 11 heteroatoms. The van der Waals surface area contributed by atoms with Crippen molar-refractivity contribution < 1.29 is 59.4 Å². The van der Waals surface area contributed by atoms with Crippen molar-refractivity contribution in [2.45, 2.75) is 15.9 Å². The van der Waals surface area contributed by atoms with Gasteiger partial charge in [0.2, 0.25) is 0 Å². The van der Waals surface area contributed by atoms with E-state index in [-0.39, 0.29) is 35.1 Å². The van der Waals surface area contributed by atoms with Gasteiger partial charge in [-0.15, -0.1) is 0 Å².